The van der Waals surface area contributed by atoms with Crippen molar-refractivity contribution in [1.29, 1.82) is 0 Å². The Balaban J connectivity index is 1.33. The van der Waals surface area contributed by atoms with Gasteiger partial charge in [-0.1, -0.05) is 19.9 Å². The Labute approximate surface area is 256 Å². The number of aromatic hydroxyl groups is 3. The van der Waals surface area contributed by atoms with Crippen LogP contribution in [0.2, 0.25) is 0 Å². The first-order valence-electron chi connectivity index (χ1n) is 13.9. The fraction of sp³-hybridized carbons (Fsp3) is 0.233. The monoisotopic (exact) mass is 615 g/mol. The molecule has 0 aliphatic heterocycles. The number of aryl methyl sites for hydroxylation is 5. The van der Waals surface area contributed by atoms with Gasteiger partial charge < -0.3 is 19.9 Å². The van der Waals surface area contributed by atoms with E-state index in [1.165, 1.54) is 6.07 Å². The molecule has 0 atom stereocenters. The third-order valence-electron chi connectivity index (χ3n) is 7.73. The molecule has 0 unspecified atom stereocenters. The number of nitrogens with one attached hydrogen (secondary N) is 3. The highest BCUT2D eigenvalue weighted by molar-refractivity contribution is 7.71. The third-order valence-corrected chi connectivity index (χ3v) is 8.32. The van der Waals surface area contributed by atoms with Crippen LogP contribution in [0.4, 0.5) is 0 Å². The van der Waals surface area contributed by atoms with E-state index in [-0.39, 0.29) is 11.5 Å². The van der Waals surface area contributed by atoms with E-state index in [0.717, 1.165) is 34.5 Å². The Morgan fingerprint density at radius 2 is 1.63 bits per heavy atom. The van der Waals surface area contributed by atoms with Crippen molar-refractivity contribution in [2.75, 3.05) is 0 Å². The second-order valence-electron chi connectivity index (χ2n) is 10.3. The molecule has 43 heavy (non-hydrogen) atoms. The van der Waals surface area contributed by atoms with Crippen LogP contribution in [0, 0.1) is 16.5 Å². The van der Waals surface area contributed by atoms with Crippen molar-refractivity contribution >= 4 is 35.5 Å². The lowest BCUT2D eigenvalue weighted by Gasteiger charge is -2.11. The fourth-order valence-electron chi connectivity index (χ4n) is 5.39. The van der Waals surface area contributed by atoms with Crippen molar-refractivity contribution in [2.45, 2.75) is 46.7 Å². The summed E-state index contributed by atoms with van der Waals surface area (Å²) in [4.78, 5) is 7.99. The van der Waals surface area contributed by atoms with Crippen molar-refractivity contribution in [3.8, 4) is 45.7 Å². The van der Waals surface area contributed by atoms with Crippen LogP contribution in [0.3, 0.4) is 0 Å². The molecule has 0 saturated heterocycles. The van der Waals surface area contributed by atoms with E-state index in [2.05, 4.69) is 20.3 Å². The van der Waals surface area contributed by atoms with Gasteiger partial charge in [0.25, 0.3) is 5.82 Å². The Kier molecular flexibility index (Phi) is 7.36. The van der Waals surface area contributed by atoms with Crippen molar-refractivity contribution < 1.29 is 20.3 Å². The maximum atomic E-state index is 10.7. The number of aromatic nitrogens is 8. The zero-order valence-corrected chi connectivity index (χ0v) is 25.5. The minimum atomic E-state index is -0.102. The van der Waals surface area contributed by atoms with E-state index >= 15 is 0 Å². The number of benzene rings is 3. The molecule has 0 spiro atoms. The highest BCUT2D eigenvalue weighted by Gasteiger charge is 2.20. The summed E-state index contributed by atoms with van der Waals surface area (Å²) in [6, 6.07) is 12.6. The number of aromatic amines is 3. The Morgan fingerprint density at radius 3 is 2.37 bits per heavy atom. The summed E-state index contributed by atoms with van der Waals surface area (Å²) in [5.74, 6) is 1.41. The Morgan fingerprint density at radius 1 is 0.907 bits per heavy atom. The zero-order chi connectivity index (χ0) is 30.4. The van der Waals surface area contributed by atoms with Gasteiger partial charge in [0.1, 0.15) is 29.3 Å². The highest BCUT2D eigenvalue weighted by Crippen LogP contribution is 2.36. The van der Waals surface area contributed by atoms with E-state index in [4.69, 9.17) is 29.4 Å². The van der Waals surface area contributed by atoms with Gasteiger partial charge in [0, 0.05) is 6.07 Å². The zero-order valence-electron chi connectivity index (χ0n) is 23.8. The molecule has 6 aromatic rings. The normalized spacial score (nSPS) is 11.5. The molecule has 11 nitrogen and oxygen atoms in total. The average Bonchev–Trinajstić information content (AvgIpc) is 3.68. The molecule has 0 amide bonds. The maximum absolute atomic E-state index is 10.7. The van der Waals surface area contributed by atoms with Gasteiger partial charge in [0.15, 0.2) is 10.6 Å². The predicted octanol–water partition coefficient (Wildman–Crippen LogP) is 5.54. The number of imidazole rings is 1. The van der Waals surface area contributed by atoms with E-state index in [1.807, 2.05) is 54.3 Å². The van der Waals surface area contributed by atoms with Crippen molar-refractivity contribution in [3.63, 3.8) is 0 Å². The summed E-state index contributed by atoms with van der Waals surface area (Å²) >= 11 is 11.2. The van der Waals surface area contributed by atoms with Crippen LogP contribution in [0.5, 0.6) is 17.2 Å². The van der Waals surface area contributed by atoms with Crippen LogP contribution >= 0.6 is 24.4 Å². The first-order chi connectivity index (χ1) is 20.7. The molecule has 6 rings (SSSR count). The van der Waals surface area contributed by atoms with Gasteiger partial charge in [0.2, 0.25) is 0 Å². The number of nitrogens with zero attached hydrogens (tertiary/aromatic N) is 5. The summed E-state index contributed by atoms with van der Waals surface area (Å²) in [7, 11) is 0. The molecule has 0 bridgehead atoms. The predicted molar refractivity (Wildman–Crippen MR) is 168 cm³/mol. The first kappa shape index (κ1) is 28.4. The molecular weight excluding hydrogens is 585 g/mol. The molecular formula is C30H31N8O3S2+. The molecule has 0 aliphatic rings. The lowest BCUT2D eigenvalue weighted by Crippen LogP contribution is -2.10. The lowest BCUT2D eigenvalue weighted by molar-refractivity contribution is -0.374. The molecule has 220 valence electrons. The second-order valence-corrected chi connectivity index (χ2v) is 11.1. The van der Waals surface area contributed by atoms with Gasteiger partial charge in [-0.15, -0.1) is 4.68 Å². The van der Waals surface area contributed by atoms with Crippen LogP contribution < -0.4 is 4.98 Å². The molecule has 0 fully saturated rings. The molecule has 0 radical (unpaired) electrons. The van der Waals surface area contributed by atoms with Gasteiger partial charge in [0.05, 0.1) is 35.2 Å². The number of phenolic OH excluding ortho intramolecular Hbond substituents is 3. The number of phenols is 3. The Hall–Kier alpha value is -4.75. The van der Waals surface area contributed by atoms with Crippen molar-refractivity contribution in [2.24, 2.45) is 0 Å². The topological polar surface area (TPSA) is 147 Å². The van der Waals surface area contributed by atoms with Crippen LogP contribution in [-0.2, 0) is 25.9 Å². The number of rotatable bonds is 8. The second kappa shape index (κ2) is 11.2. The summed E-state index contributed by atoms with van der Waals surface area (Å²) in [5, 5.41) is 41.7. The number of hydrogen-bond donors (Lipinski definition) is 5. The average molecular weight is 616 g/mol. The summed E-state index contributed by atoms with van der Waals surface area (Å²) in [6.07, 6.45) is 3.08. The maximum Gasteiger partial charge on any atom is 0.323 e. The molecule has 13 heteroatoms. The summed E-state index contributed by atoms with van der Waals surface area (Å²) in [6.45, 7) is 7.03. The van der Waals surface area contributed by atoms with Crippen LogP contribution in [0.15, 0.2) is 48.8 Å². The van der Waals surface area contributed by atoms with Crippen LogP contribution in [0.25, 0.3) is 39.5 Å². The summed E-state index contributed by atoms with van der Waals surface area (Å²) in [5.41, 5.74) is 6.20. The van der Waals surface area contributed by atoms with E-state index in [0.29, 0.717) is 63.0 Å². The van der Waals surface area contributed by atoms with E-state index in [9.17, 15) is 15.3 Å². The minimum Gasteiger partial charge on any atom is -0.508 e. The standard InChI is InChI=1S/C30H30N8O3S2/c1-4-17-12-19(16(3)11-23(17)39)27-32-29(42)37(35-27)10-9-36-15-31-26-21(36)7-6-8-22(26)38-28(33-34-30(38)43)20-13-18(5-2)24(40)14-25(20)41/h6-8,11-15,39-41H,4-5,9-10H2,1-3H3,(H,34,43)(H,32,35,42)/p+1. The molecule has 0 saturated carbocycles. The molecule has 3 aromatic carbocycles. The molecule has 0 aliphatic carbocycles. The van der Waals surface area contributed by atoms with Gasteiger partial charge >= 0.3 is 4.77 Å². The SMILES string of the molecule is CCc1cc(-c2[nH]n(CCn3cnc4c(-n5c(-c6cc(CC)c(O)cc6O)n[nH]c5=S)cccc43)c(=S)[nH+]2)c(C)cc1O. The van der Waals surface area contributed by atoms with Gasteiger partial charge in [-0.2, -0.15) is 10.2 Å². The molecule has 3 heterocycles. The smallest absolute Gasteiger partial charge is 0.323 e. The summed E-state index contributed by atoms with van der Waals surface area (Å²) < 4.78 is 6.56. The van der Waals surface area contributed by atoms with Gasteiger partial charge in [-0.25, -0.2) is 9.97 Å². The number of fused-ring (bicyclic) bond motifs is 1. The Bertz CT molecular complexity index is 2120. The van der Waals surface area contributed by atoms with Gasteiger partial charge in [-0.3, -0.25) is 9.67 Å². The van der Waals surface area contributed by atoms with Crippen molar-refractivity contribution in [3.05, 3.63) is 75.0 Å². The number of H-pyrrole nitrogens is 3. The van der Waals surface area contributed by atoms with Gasteiger partial charge in [-0.05, 0) is 91.2 Å². The van der Waals surface area contributed by atoms with Crippen LogP contribution in [0.1, 0.15) is 30.5 Å². The minimum absolute atomic E-state index is 0.0288. The lowest BCUT2D eigenvalue weighted by atomic mass is 10.0. The largest absolute Gasteiger partial charge is 0.508 e. The fourth-order valence-corrected chi connectivity index (χ4v) is 5.86. The van der Waals surface area contributed by atoms with Crippen LogP contribution in [-0.4, -0.2) is 49.4 Å². The quantitative estimate of drug-likeness (QED) is 0.141. The van der Waals surface area contributed by atoms with Crippen molar-refractivity contribution in [1.82, 2.24) is 34.1 Å². The number of para-hydroxylation sites is 1. The number of hydrogen-bond acceptors (Lipinski definition) is 7. The highest BCUT2D eigenvalue weighted by atomic mass is 32.1. The van der Waals surface area contributed by atoms with E-state index < -0.39 is 0 Å². The third kappa shape index (κ3) is 5.00. The molecule has 3 aromatic heterocycles. The first-order valence-corrected chi connectivity index (χ1v) is 14.7. The molecule has 6 N–H and O–H groups in total. The van der Waals surface area contributed by atoms with E-state index in [1.54, 1.807) is 23.0 Å².